The Bertz CT molecular complexity index is 617. The van der Waals surface area contributed by atoms with Gasteiger partial charge in [0.25, 0.3) is 0 Å². The topological polar surface area (TPSA) is 97.1 Å². The minimum Gasteiger partial charge on any atom is -0.330 e. The molecule has 0 bridgehead atoms. The predicted molar refractivity (Wildman–Crippen MR) is 100 cm³/mol. The Kier molecular flexibility index (Phi) is 9.54. The minimum atomic E-state index is -3.68. The summed E-state index contributed by atoms with van der Waals surface area (Å²) >= 11 is 0. The molecule has 2 N–H and O–H groups in total. The van der Waals surface area contributed by atoms with Crippen LogP contribution in [0.5, 0.6) is 0 Å². The van der Waals surface area contributed by atoms with E-state index in [1.165, 1.54) is 0 Å². The van der Waals surface area contributed by atoms with Crippen LogP contribution in [-0.4, -0.2) is 33.0 Å². The Morgan fingerprint density at radius 3 is 1.64 bits per heavy atom. The van der Waals surface area contributed by atoms with Gasteiger partial charge in [-0.2, -0.15) is 0 Å². The normalized spacial score (nSPS) is 12.5. The zero-order valence-electron chi connectivity index (χ0n) is 15.4. The molecule has 0 aliphatic rings. The molecule has 1 aromatic carbocycles. The molecule has 0 amide bonds. The molecule has 0 aromatic heterocycles. The first-order valence-electron chi connectivity index (χ1n) is 8.53. The summed E-state index contributed by atoms with van der Waals surface area (Å²) in [7, 11) is -7.33. The Balaban J connectivity index is 3.61. The molecule has 0 fully saturated rings. The summed E-state index contributed by atoms with van der Waals surface area (Å²) in [5.41, 5.74) is 6.47. The molecular formula is C16H29NO6P2. The van der Waals surface area contributed by atoms with Gasteiger partial charge in [-0.1, -0.05) is 6.07 Å². The molecular weight excluding hydrogens is 364 g/mol. The number of nitrogens with two attached hydrogens (primary N) is 1. The molecule has 25 heavy (non-hydrogen) atoms. The summed E-state index contributed by atoms with van der Waals surface area (Å²) < 4.78 is 48.3. The maximum Gasteiger partial charge on any atom is 0.362 e. The van der Waals surface area contributed by atoms with Gasteiger partial charge in [-0.15, -0.1) is 0 Å². The van der Waals surface area contributed by atoms with Gasteiger partial charge >= 0.3 is 15.2 Å². The predicted octanol–water partition coefficient (Wildman–Crippen LogP) is 2.97. The maximum atomic E-state index is 13.3. The molecule has 1 aromatic rings. The van der Waals surface area contributed by atoms with Crippen LogP contribution in [0.4, 0.5) is 0 Å². The lowest BCUT2D eigenvalue weighted by molar-refractivity contribution is 0.226. The van der Waals surface area contributed by atoms with Crippen LogP contribution < -0.4 is 16.3 Å². The van der Waals surface area contributed by atoms with Crippen LogP contribution in [0.3, 0.4) is 0 Å². The van der Waals surface area contributed by atoms with Crippen LogP contribution in [0.2, 0.25) is 0 Å². The van der Waals surface area contributed by atoms with E-state index in [2.05, 4.69) is 0 Å². The number of hydrogen-bond donors (Lipinski definition) is 1. The van der Waals surface area contributed by atoms with Crippen LogP contribution in [0, 0.1) is 0 Å². The molecule has 1 rings (SSSR count). The van der Waals surface area contributed by atoms with Crippen molar-refractivity contribution in [2.45, 2.75) is 34.1 Å². The Labute approximate surface area is 150 Å². The van der Waals surface area contributed by atoms with E-state index in [1.807, 2.05) is 0 Å². The van der Waals surface area contributed by atoms with Crippen molar-refractivity contribution in [1.82, 2.24) is 0 Å². The highest BCUT2D eigenvalue weighted by Crippen LogP contribution is 2.53. The lowest BCUT2D eigenvalue weighted by Crippen LogP contribution is -2.29. The highest BCUT2D eigenvalue weighted by Gasteiger charge is 2.38. The van der Waals surface area contributed by atoms with E-state index >= 15 is 0 Å². The van der Waals surface area contributed by atoms with Gasteiger partial charge in [-0.05, 0) is 58.4 Å². The average molecular weight is 393 g/mol. The molecule has 0 spiro atoms. The van der Waals surface area contributed by atoms with Gasteiger partial charge in [-0.25, -0.2) is 0 Å². The standard InChI is InChI=1S/C16H29NO6P2/c1-5-20-24(18,21-6-2)15-10-9-14(11-12-17)13-16(15)25(19,22-7-3)23-8-4/h9-10,13H,5-8,11-12,17H2,1-4H3. The van der Waals surface area contributed by atoms with Gasteiger partial charge in [0.1, 0.15) is 0 Å². The molecule has 0 heterocycles. The van der Waals surface area contributed by atoms with E-state index in [0.717, 1.165) is 5.56 Å². The average Bonchev–Trinajstić information content (AvgIpc) is 2.56. The van der Waals surface area contributed by atoms with E-state index in [9.17, 15) is 9.13 Å². The van der Waals surface area contributed by atoms with E-state index in [1.54, 1.807) is 45.9 Å². The monoisotopic (exact) mass is 393 g/mol. The van der Waals surface area contributed by atoms with Gasteiger partial charge in [0.15, 0.2) is 0 Å². The van der Waals surface area contributed by atoms with Gasteiger partial charge < -0.3 is 23.8 Å². The zero-order valence-corrected chi connectivity index (χ0v) is 17.2. The van der Waals surface area contributed by atoms with Crippen molar-refractivity contribution in [1.29, 1.82) is 0 Å². The van der Waals surface area contributed by atoms with Gasteiger partial charge in [0, 0.05) is 0 Å². The van der Waals surface area contributed by atoms with E-state index < -0.39 is 15.2 Å². The first kappa shape index (κ1) is 22.5. The first-order chi connectivity index (χ1) is 11.9. The molecule has 144 valence electrons. The third-order valence-corrected chi connectivity index (χ3v) is 7.77. The molecule has 9 heteroatoms. The van der Waals surface area contributed by atoms with Crippen molar-refractivity contribution in [2.75, 3.05) is 33.0 Å². The first-order valence-corrected chi connectivity index (χ1v) is 11.6. The second-order valence-electron chi connectivity index (χ2n) is 5.03. The number of rotatable bonds is 12. The molecule has 0 atom stereocenters. The van der Waals surface area contributed by atoms with E-state index in [4.69, 9.17) is 23.8 Å². The fourth-order valence-electron chi connectivity index (χ4n) is 2.37. The summed E-state index contributed by atoms with van der Waals surface area (Å²) in [4.78, 5) is 0. The van der Waals surface area contributed by atoms with Crippen LogP contribution in [0.15, 0.2) is 18.2 Å². The fraction of sp³-hybridized carbons (Fsp3) is 0.625. The van der Waals surface area contributed by atoms with Crippen molar-refractivity contribution in [3.8, 4) is 0 Å². The second-order valence-corrected chi connectivity index (χ2v) is 9.01. The van der Waals surface area contributed by atoms with Crippen LogP contribution in [0.1, 0.15) is 33.3 Å². The molecule has 7 nitrogen and oxygen atoms in total. The van der Waals surface area contributed by atoms with Crippen molar-refractivity contribution < 1.29 is 27.2 Å². The summed E-state index contributed by atoms with van der Waals surface area (Å²) in [6.07, 6.45) is 0.582. The lowest BCUT2D eigenvalue weighted by Gasteiger charge is -2.24. The highest BCUT2D eigenvalue weighted by molar-refractivity contribution is 7.68. The van der Waals surface area contributed by atoms with Crippen molar-refractivity contribution >= 4 is 25.8 Å². The van der Waals surface area contributed by atoms with E-state index in [-0.39, 0.29) is 37.0 Å². The molecule has 0 radical (unpaired) electrons. The third kappa shape index (κ3) is 5.73. The number of benzene rings is 1. The Hall–Kier alpha value is -0.520. The maximum absolute atomic E-state index is 13.3. The highest BCUT2D eigenvalue weighted by atomic mass is 31.2. The third-order valence-electron chi connectivity index (χ3n) is 3.26. The molecule has 0 unspecified atom stereocenters. The van der Waals surface area contributed by atoms with Gasteiger partial charge in [-0.3, -0.25) is 9.13 Å². The minimum absolute atomic E-state index is 0.186. The zero-order chi connectivity index (χ0) is 18.9. The molecule has 0 saturated heterocycles. The summed E-state index contributed by atoms with van der Waals surface area (Å²) in [6, 6.07) is 5.05. The fourth-order valence-corrected chi connectivity index (χ4v) is 6.46. The summed E-state index contributed by atoms with van der Waals surface area (Å²) in [5.74, 6) is 0. The van der Waals surface area contributed by atoms with Crippen molar-refractivity contribution in [2.24, 2.45) is 5.73 Å². The second kappa shape index (κ2) is 10.6. The largest absolute Gasteiger partial charge is 0.362 e. The van der Waals surface area contributed by atoms with Gasteiger partial charge in [0.2, 0.25) is 0 Å². The lowest BCUT2D eigenvalue weighted by atomic mass is 10.1. The number of hydrogen-bond acceptors (Lipinski definition) is 7. The SMILES string of the molecule is CCOP(=O)(OCC)c1ccc(CCN)cc1P(=O)(OCC)OCC. The van der Waals surface area contributed by atoms with Crippen molar-refractivity contribution in [3.05, 3.63) is 23.8 Å². The Morgan fingerprint density at radius 1 is 0.800 bits per heavy atom. The van der Waals surface area contributed by atoms with Crippen LogP contribution in [0.25, 0.3) is 0 Å². The Morgan fingerprint density at radius 2 is 1.24 bits per heavy atom. The summed E-state index contributed by atoms with van der Waals surface area (Å²) in [6.45, 7) is 8.07. The molecule has 0 aliphatic heterocycles. The van der Waals surface area contributed by atoms with Crippen LogP contribution in [-0.2, 0) is 33.6 Å². The quantitative estimate of drug-likeness (QED) is 0.545. The molecule has 0 aliphatic carbocycles. The van der Waals surface area contributed by atoms with Crippen LogP contribution >= 0.6 is 15.2 Å². The smallest absolute Gasteiger partial charge is 0.330 e. The summed E-state index contributed by atoms with van der Waals surface area (Å²) in [5, 5.41) is 0.426. The molecule has 0 saturated carbocycles. The van der Waals surface area contributed by atoms with Gasteiger partial charge in [0.05, 0.1) is 37.0 Å². The van der Waals surface area contributed by atoms with E-state index in [0.29, 0.717) is 13.0 Å². The van der Waals surface area contributed by atoms with Crippen molar-refractivity contribution in [3.63, 3.8) is 0 Å².